The van der Waals surface area contributed by atoms with Gasteiger partial charge in [-0.3, -0.25) is 4.79 Å². The van der Waals surface area contributed by atoms with Crippen molar-refractivity contribution in [1.82, 2.24) is 14.9 Å². The van der Waals surface area contributed by atoms with Crippen LogP contribution in [0.15, 0.2) is 48.8 Å². The van der Waals surface area contributed by atoms with Gasteiger partial charge in [-0.25, -0.2) is 9.97 Å². The summed E-state index contributed by atoms with van der Waals surface area (Å²) in [7, 11) is 0. The standard InChI is InChI=1S/C10H21NO.C7H8.C5H6N2/c1-5-9(4)8-11(7-3)10(12)6-2;1-7-5-3-2-4-6-7;1-5-6-3-2-4-7-5/h9H,5-8H2,1-4H3;2-6H,1H3;2-4H,1H3. The lowest BCUT2D eigenvalue weighted by atomic mass is 10.1. The van der Waals surface area contributed by atoms with E-state index in [0.29, 0.717) is 12.3 Å². The molecule has 4 heteroatoms. The molecule has 26 heavy (non-hydrogen) atoms. The fourth-order valence-corrected chi connectivity index (χ4v) is 2.04. The first-order valence-electron chi connectivity index (χ1n) is 9.47. The number of carbonyl (C=O) groups is 1. The van der Waals surface area contributed by atoms with Crippen LogP contribution in [0.3, 0.4) is 0 Å². The number of aryl methyl sites for hydroxylation is 2. The largest absolute Gasteiger partial charge is 0.343 e. The lowest BCUT2D eigenvalue weighted by Gasteiger charge is -2.23. The molecule has 144 valence electrons. The fraction of sp³-hybridized carbons (Fsp3) is 0.500. The summed E-state index contributed by atoms with van der Waals surface area (Å²) >= 11 is 0. The van der Waals surface area contributed by atoms with E-state index in [4.69, 9.17) is 0 Å². The van der Waals surface area contributed by atoms with Crippen molar-refractivity contribution >= 4 is 5.91 Å². The molecule has 0 radical (unpaired) electrons. The minimum atomic E-state index is 0.276. The van der Waals surface area contributed by atoms with Gasteiger partial charge < -0.3 is 4.90 Å². The van der Waals surface area contributed by atoms with Crippen molar-refractivity contribution in [1.29, 1.82) is 0 Å². The highest BCUT2D eigenvalue weighted by atomic mass is 16.2. The first-order valence-corrected chi connectivity index (χ1v) is 9.47. The van der Waals surface area contributed by atoms with Gasteiger partial charge in [0.1, 0.15) is 5.82 Å². The zero-order valence-corrected chi connectivity index (χ0v) is 17.3. The maximum Gasteiger partial charge on any atom is 0.222 e. The number of aromatic nitrogens is 2. The monoisotopic (exact) mass is 357 g/mol. The van der Waals surface area contributed by atoms with E-state index in [1.54, 1.807) is 18.5 Å². The van der Waals surface area contributed by atoms with Crippen LogP contribution >= 0.6 is 0 Å². The highest BCUT2D eigenvalue weighted by molar-refractivity contribution is 5.75. The Kier molecular flexibility index (Phi) is 13.8. The van der Waals surface area contributed by atoms with E-state index in [0.717, 1.165) is 25.3 Å². The third-order valence-corrected chi connectivity index (χ3v) is 3.90. The molecule has 0 N–H and O–H groups in total. The van der Waals surface area contributed by atoms with Gasteiger partial charge in [-0.1, -0.05) is 63.1 Å². The van der Waals surface area contributed by atoms with Gasteiger partial charge in [0.15, 0.2) is 0 Å². The summed E-state index contributed by atoms with van der Waals surface area (Å²) in [4.78, 5) is 21.0. The Morgan fingerprint density at radius 3 is 1.88 bits per heavy atom. The van der Waals surface area contributed by atoms with Crippen molar-refractivity contribution in [2.45, 2.75) is 54.4 Å². The van der Waals surface area contributed by atoms with Crippen LogP contribution in [-0.4, -0.2) is 33.9 Å². The summed E-state index contributed by atoms with van der Waals surface area (Å²) in [5, 5.41) is 0. The van der Waals surface area contributed by atoms with E-state index in [9.17, 15) is 4.79 Å². The SMILES string of the molecule is CCC(=O)N(CC)CC(C)CC.Cc1ccccc1.Cc1ncccn1. The minimum Gasteiger partial charge on any atom is -0.343 e. The van der Waals surface area contributed by atoms with Crippen LogP contribution in [0, 0.1) is 19.8 Å². The van der Waals surface area contributed by atoms with Crippen molar-refractivity contribution in [2.24, 2.45) is 5.92 Å². The van der Waals surface area contributed by atoms with Gasteiger partial charge >= 0.3 is 0 Å². The number of carbonyl (C=O) groups excluding carboxylic acids is 1. The molecule has 1 unspecified atom stereocenters. The Morgan fingerprint density at radius 1 is 1.00 bits per heavy atom. The van der Waals surface area contributed by atoms with E-state index in [2.05, 4.69) is 42.9 Å². The van der Waals surface area contributed by atoms with Crippen LogP contribution in [0.1, 0.15) is 51.9 Å². The smallest absolute Gasteiger partial charge is 0.222 e. The predicted molar refractivity (Wildman–Crippen MR) is 110 cm³/mol. The van der Waals surface area contributed by atoms with E-state index in [-0.39, 0.29) is 5.91 Å². The van der Waals surface area contributed by atoms with Gasteiger partial charge in [0.25, 0.3) is 0 Å². The second-order valence-corrected chi connectivity index (χ2v) is 6.25. The van der Waals surface area contributed by atoms with Crippen LogP contribution in [0.25, 0.3) is 0 Å². The normalized spacial score (nSPS) is 10.5. The molecule has 1 aromatic carbocycles. The Hall–Kier alpha value is -2.23. The molecule has 2 rings (SSSR count). The Balaban J connectivity index is 0.000000381. The van der Waals surface area contributed by atoms with E-state index in [1.165, 1.54) is 5.56 Å². The third kappa shape index (κ3) is 12.2. The van der Waals surface area contributed by atoms with Crippen LogP contribution < -0.4 is 0 Å². The predicted octanol–water partition coefficient (Wildman–Crippen LogP) is 5.07. The second-order valence-electron chi connectivity index (χ2n) is 6.25. The number of nitrogens with zero attached hydrogens (tertiary/aromatic N) is 3. The van der Waals surface area contributed by atoms with Crippen molar-refractivity contribution in [3.63, 3.8) is 0 Å². The molecule has 0 bridgehead atoms. The molecule has 0 aliphatic carbocycles. The number of hydrogen-bond acceptors (Lipinski definition) is 3. The van der Waals surface area contributed by atoms with Gasteiger partial charge in [-0.05, 0) is 32.8 Å². The fourth-order valence-electron chi connectivity index (χ4n) is 2.04. The van der Waals surface area contributed by atoms with Crippen LogP contribution in [0.2, 0.25) is 0 Å². The molecule has 0 aliphatic rings. The van der Waals surface area contributed by atoms with Crippen LogP contribution in [0.4, 0.5) is 0 Å². The van der Waals surface area contributed by atoms with Gasteiger partial charge in [-0.15, -0.1) is 0 Å². The zero-order valence-electron chi connectivity index (χ0n) is 17.3. The second kappa shape index (κ2) is 15.1. The third-order valence-electron chi connectivity index (χ3n) is 3.90. The molecule has 0 saturated carbocycles. The number of hydrogen-bond donors (Lipinski definition) is 0. The Bertz CT molecular complexity index is 535. The molecule has 0 fully saturated rings. The summed E-state index contributed by atoms with van der Waals surface area (Å²) < 4.78 is 0. The van der Waals surface area contributed by atoms with Crippen molar-refractivity contribution < 1.29 is 4.79 Å². The average Bonchev–Trinajstić information content (AvgIpc) is 2.67. The molecule has 0 saturated heterocycles. The number of benzene rings is 1. The summed E-state index contributed by atoms with van der Waals surface area (Å²) in [6.45, 7) is 14.0. The summed E-state index contributed by atoms with van der Waals surface area (Å²) in [6.07, 6.45) is 5.22. The molecule has 1 aromatic heterocycles. The lowest BCUT2D eigenvalue weighted by Crippen LogP contribution is -2.33. The molecule has 1 amide bonds. The van der Waals surface area contributed by atoms with Gasteiger partial charge in [0, 0.05) is 31.9 Å². The van der Waals surface area contributed by atoms with Crippen molar-refractivity contribution in [3.05, 3.63) is 60.2 Å². The summed E-state index contributed by atoms with van der Waals surface area (Å²) in [6, 6.07) is 12.1. The van der Waals surface area contributed by atoms with Crippen molar-refractivity contribution in [2.75, 3.05) is 13.1 Å². The zero-order chi connectivity index (χ0) is 19.8. The van der Waals surface area contributed by atoms with Crippen LogP contribution in [-0.2, 0) is 4.79 Å². The molecule has 0 aliphatic heterocycles. The number of rotatable bonds is 5. The maximum atomic E-state index is 11.3. The molecule has 2 aromatic rings. The Morgan fingerprint density at radius 2 is 1.58 bits per heavy atom. The first-order chi connectivity index (χ1) is 12.4. The molecule has 0 spiro atoms. The Labute approximate surface area is 159 Å². The molecule has 4 nitrogen and oxygen atoms in total. The van der Waals surface area contributed by atoms with Gasteiger partial charge in [0.2, 0.25) is 5.91 Å². The van der Waals surface area contributed by atoms with Crippen LogP contribution in [0.5, 0.6) is 0 Å². The quantitative estimate of drug-likeness (QED) is 0.750. The lowest BCUT2D eigenvalue weighted by molar-refractivity contribution is -0.131. The summed E-state index contributed by atoms with van der Waals surface area (Å²) in [5.41, 5.74) is 1.32. The molecular formula is C22H35N3O. The van der Waals surface area contributed by atoms with Crippen molar-refractivity contribution in [3.8, 4) is 0 Å². The molecule has 1 atom stereocenters. The average molecular weight is 358 g/mol. The number of amides is 1. The van der Waals surface area contributed by atoms with E-state index >= 15 is 0 Å². The minimum absolute atomic E-state index is 0.276. The highest BCUT2D eigenvalue weighted by Crippen LogP contribution is 2.05. The summed E-state index contributed by atoms with van der Waals surface area (Å²) in [5.74, 6) is 1.72. The van der Waals surface area contributed by atoms with Gasteiger partial charge in [0.05, 0.1) is 0 Å². The molecular weight excluding hydrogens is 322 g/mol. The molecule has 1 heterocycles. The van der Waals surface area contributed by atoms with Gasteiger partial charge in [-0.2, -0.15) is 0 Å². The maximum absolute atomic E-state index is 11.3. The topological polar surface area (TPSA) is 46.1 Å². The van der Waals surface area contributed by atoms with E-state index in [1.807, 2.05) is 43.9 Å². The highest BCUT2D eigenvalue weighted by Gasteiger charge is 2.11. The first kappa shape index (κ1) is 23.8. The van der Waals surface area contributed by atoms with E-state index < -0.39 is 0 Å².